The molecule has 0 bridgehead atoms. The van der Waals surface area contributed by atoms with E-state index < -0.39 is 0 Å². The minimum absolute atomic E-state index is 0.737. The molecule has 0 amide bonds. The van der Waals surface area contributed by atoms with Gasteiger partial charge in [-0.05, 0) is 61.2 Å². The van der Waals surface area contributed by atoms with Crippen LogP contribution in [0.3, 0.4) is 0 Å². The molecule has 1 aromatic heterocycles. The van der Waals surface area contributed by atoms with Gasteiger partial charge in [0.1, 0.15) is 0 Å². The molecule has 1 unspecified atom stereocenters. The summed E-state index contributed by atoms with van der Waals surface area (Å²) in [6.07, 6.45) is 8.71. The molecule has 1 atom stereocenters. The Hall–Kier alpha value is -2.50. The molecule has 3 aromatic rings. The third-order valence-corrected chi connectivity index (χ3v) is 6.47. The minimum Gasteiger partial charge on any atom is -0.400 e. The highest BCUT2D eigenvalue weighted by Crippen LogP contribution is 2.27. The summed E-state index contributed by atoms with van der Waals surface area (Å²) in [5, 5.41) is 9.52. The molecule has 3 heterocycles. The zero-order valence-electron chi connectivity index (χ0n) is 18.6. The van der Waals surface area contributed by atoms with E-state index in [0.29, 0.717) is 0 Å². The first kappa shape index (κ1) is 21.7. The Kier molecular flexibility index (Phi) is 7.49. The SMILES string of the molecule is CO.c1ccc2cc(-c3ccnc(N4CCC(CN5CCCCCC5)C4)n3)ccc2c1. The van der Waals surface area contributed by atoms with Gasteiger partial charge in [0.25, 0.3) is 0 Å². The van der Waals surface area contributed by atoms with E-state index in [2.05, 4.69) is 57.2 Å². The summed E-state index contributed by atoms with van der Waals surface area (Å²) in [5.41, 5.74) is 2.17. The molecule has 2 fully saturated rings. The molecule has 0 spiro atoms. The topological polar surface area (TPSA) is 52.5 Å². The van der Waals surface area contributed by atoms with Gasteiger partial charge in [-0.15, -0.1) is 0 Å². The van der Waals surface area contributed by atoms with Crippen molar-refractivity contribution in [3.05, 3.63) is 54.7 Å². The lowest BCUT2D eigenvalue weighted by atomic mass is 10.1. The van der Waals surface area contributed by atoms with Crippen molar-refractivity contribution in [1.29, 1.82) is 0 Å². The van der Waals surface area contributed by atoms with Crippen molar-refractivity contribution < 1.29 is 5.11 Å². The molecule has 0 saturated carbocycles. The number of anilines is 1. The van der Waals surface area contributed by atoms with Gasteiger partial charge in [-0.3, -0.25) is 0 Å². The van der Waals surface area contributed by atoms with E-state index in [1.54, 1.807) is 0 Å². The second-order valence-corrected chi connectivity index (χ2v) is 8.62. The highest BCUT2D eigenvalue weighted by molar-refractivity contribution is 5.86. The monoisotopic (exact) mass is 418 g/mol. The predicted molar refractivity (Wildman–Crippen MR) is 128 cm³/mol. The van der Waals surface area contributed by atoms with Crippen LogP contribution in [0.4, 0.5) is 5.95 Å². The minimum atomic E-state index is 0.737. The quantitative estimate of drug-likeness (QED) is 0.671. The number of benzene rings is 2. The zero-order chi connectivity index (χ0) is 21.5. The van der Waals surface area contributed by atoms with E-state index >= 15 is 0 Å². The molecular formula is C26H34N4O. The molecule has 0 aliphatic carbocycles. The average molecular weight is 419 g/mol. The van der Waals surface area contributed by atoms with E-state index in [-0.39, 0.29) is 0 Å². The summed E-state index contributed by atoms with van der Waals surface area (Å²) in [7, 11) is 1.00. The summed E-state index contributed by atoms with van der Waals surface area (Å²) < 4.78 is 0. The lowest BCUT2D eigenvalue weighted by Crippen LogP contribution is -2.32. The van der Waals surface area contributed by atoms with Gasteiger partial charge in [0.2, 0.25) is 5.95 Å². The van der Waals surface area contributed by atoms with Crippen molar-refractivity contribution in [3.8, 4) is 11.3 Å². The largest absolute Gasteiger partial charge is 0.400 e. The molecule has 31 heavy (non-hydrogen) atoms. The van der Waals surface area contributed by atoms with E-state index in [1.165, 1.54) is 62.5 Å². The van der Waals surface area contributed by atoms with Crippen molar-refractivity contribution in [2.75, 3.05) is 44.7 Å². The molecule has 2 aliphatic heterocycles. The Morgan fingerprint density at radius 2 is 1.68 bits per heavy atom. The maximum absolute atomic E-state index is 7.00. The van der Waals surface area contributed by atoms with Gasteiger partial charge in [0, 0.05) is 38.5 Å². The van der Waals surface area contributed by atoms with E-state index in [9.17, 15) is 0 Å². The Morgan fingerprint density at radius 1 is 0.903 bits per heavy atom. The van der Waals surface area contributed by atoms with Crippen LogP contribution >= 0.6 is 0 Å². The van der Waals surface area contributed by atoms with Gasteiger partial charge >= 0.3 is 0 Å². The number of aromatic nitrogens is 2. The van der Waals surface area contributed by atoms with Crippen molar-refractivity contribution in [3.63, 3.8) is 0 Å². The van der Waals surface area contributed by atoms with Crippen LogP contribution in [0.5, 0.6) is 0 Å². The third-order valence-electron chi connectivity index (χ3n) is 6.47. The van der Waals surface area contributed by atoms with E-state index in [4.69, 9.17) is 10.1 Å². The molecular weight excluding hydrogens is 384 g/mol. The van der Waals surface area contributed by atoms with E-state index in [1.807, 2.05) is 12.3 Å². The number of rotatable bonds is 4. The van der Waals surface area contributed by atoms with Gasteiger partial charge in [-0.25, -0.2) is 9.97 Å². The van der Waals surface area contributed by atoms with Gasteiger partial charge in [0.05, 0.1) is 5.69 Å². The average Bonchev–Trinajstić information content (AvgIpc) is 3.15. The first-order valence-electron chi connectivity index (χ1n) is 11.6. The second-order valence-electron chi connectivity index (χ2n) is 8.62. The number of aliphatic hydroxyl groups is 1. The summed E-state index contributed by atoms with van der Waals surface area (Å²) >= 11 is 0. The molecule has 2 saturated heterocycles. The molecule has 2 aromatic carbocycles. The fraction of sp³-hybridized carbons (Fsp3) is 0.462. The standard InChI is InChI=1S/C25H30N4.CH4O/c1-2-6-15-28(14-5-1)18-20-12-16-29(19-20)25-26-13-11-24(27-25)23-10-9-21-7-3-4-8-22(21)17-23;1-2/h3-4,7-11,13,17,20H,1-2,5-6,12,14-16,18-19H2;2H,1H3. The summed E-state index contributed by atoms with van der Waals surface area (Å²) in [6, 6.07) is 17.1. The Morgan fingerprint density at radius 3 is 2.48 bits per heavy atom. The van der Waals surface area contributed by atoms with Crippen LogP contribution in [0, 0.1) is 5.92 Å². The number of fused-ring (bicyclic) bond motifs is 1. The lowest BCUT2D eigenvalue weighted by molar-refractivity contribution is 0.246. The molecule has 5 rings (SSSR count). The van der Waals surface area contributed by atoms with Gasteiger partial charge in [0.15, 0.2) is 0 Å². The normalized spacial score (nSPS) is 19.7. The first-order valence-corrected chi connectivity index (χ1v) is 11.6. The number of hydrogen-bond acceptors (Lipinski definition) is 5. The molecule has 5 heteroatoms. The van der Waals surface area contributed by atoms with Crippen LogP contribution in [-0.2, 0) is 0 Å². The van der Waals surface area contributed by atoms with Gasteiger partial charge in [-0.1, -0.05) is 49.2 Å². The Balaban J connectivity index is 0.00000112. The molecule has 1 N–H and O–H groups in total. The van der Waals surface area contributed by atoms with Crippen LogP contribution in [0.1, 0.15) is 32.1 Å². The fourth-order valence-corrected chi connectivity index (χ4v) is 4.86. The van der Waals surface area contributed by atoms with Crippen LogP contribution in [-0.4, -0.2) is 59.8 Å². The third kappa shape index (κ3) is 5.41. The van der Waals surface area contributed by atoms with Crippen molar-refractivity contribution in [2.24, 2.45) is 5.92 Å². The highest BCUT2D eigenvalue weighted by atomic mass is 16.2. The number of aliphatic hydroxyl groups excluding tert-OH is 1. The first-order chi connectivity index (χ1) is 15.3. The number of nitrogens with zero attached hydrogens (tertiary/aromatic N) is 4. The maximum Gasteiger partial charge on any atom is 0.225 e. The molecule has 2 aliphatic rings. The van der Waals surface area contributed by atoms with Crippen molar-refractivity contribution >= 4 is 16.7 Å². The van der Waals surface area contributed by atoms with Crippen LogP contribution in [0.25, 0.3) is 22.0 Å². The second kappa shape index (κ2) is 10.7. The van der Waals surface area contributed by atoms with Crippen LogP contribution < -0.4 is 4.90 Å². The molecule has 164 valence electrons. The fourth-order valence-electron chi connectivity index (χ4n) is 4.86. The van der Waals surface area contributed by atoms with E-state index in [0.717, 1.165) is 43.3 Å². The van der Waals surface area contributed by atoms with Crippen molar-refractivity contribution in [2.45, 2.75) is 32.1 Å². The maximum atomic E-state index is 7.00. The van der Waals surface area contributed by atoms with Crippen LogP contribution in [0.15, 0.2) is 54.7 Å². The smallest absolute Gasteiger partial charge is 0.225 e. The lowest BCUT2D eigenvalue weighted by Gasteiger charge is -2.24. The summed E-state index contributed by atoms with van der Waals surface area (Å²) in [5.74, 6) is 1.62. The van der Waals surface area contributed by atoms with Crippen LogP contribution in [0.2, 0.25) is 0 Å². The Labute approximate surface area is 185 Å². The summed E-state index contributed by atoms with van der Waals surface area (Å²) in [4.78, 5) is 14.6. The van der Waals surface area contributed by atoms with Crippen molar-refractivity contribution in [1.82, 2.24) is 14.9 Å². The van der Waals surface area contributed by atoms with Gasteiger partial charge in [-0.2, -0.15) is 0 Å². The number of hydrogen-bond donors (Lipinski definition) is 1. The summed E-state index contributed by atoms with van der Waals surface area (Å²) in [6.45, 7) is 5.95. The Bertz CT molecular complexity index is 968. The highest BCUT2D eigenvalue weighted by Gasteiger charge is 2.26. The zero-order valence-corrected chi connectivity index (χ0v) is 18.6. The molecule has 5 nitrogen and oxygen atoms in total. The van der Waals surface area contributed by atoms with Gasteiger partial charge < -0.3 is 14.9 Å². The molecule has 0 radical (unpaired) electrons. The predicted octanol–water partition coefficient (Wildman–Crippen LogP) is 4.61. The number of likely N-dealkylation sites (tertiary alicyclic amines) is 1.